The summed E-state index contributed by atoms with van der Waals surface area (Å²) in [6.07, 6.45) is 0. The zero-order valence-corrected chi connectivity index (χ0v) is 15.3. The third-order valence-electron chi connectivity index (χ3n) is 3.91. The second-order valence-electron chi connectivity index (χ2n) is 6.12. The molecule has 0 saturated heterocycles. The lowest BCUT2D eigenvalue weighted by Gasteiger charge is -2.08. The summed E-state index contributed by atoms with van der Waals surface area (Å²) in [5.41, 5.74) is 6.26. The molecule has 0 fully saturated rings. The van der Waals surface area contributed by atoms with Gasteiger partial charge in [-0.3, -0.25) is 15.6 Å². The van der Waals surface area contributed by atoms with Crippen molar-refractivity contribution in [1.82, 2.24) is 10.4 Å². The quantitative estimate of drug-likeness (QED) is 0.470. The standard InChI is InChI=1S/C19H16F3N3OS/c1-10(2)11-3-5-12(6-4-11)19-23-15(9-27-19)18(26)25-24-14-8-7-13(20)16(21)17(14)22/h3-10,24H,1-2H3,(H,25,26). The summed E-state index contributed by atoms with van der Waals surface area (Å²) in [5.74, 6) is -4.55. The first-order valence-corrected chi connectivity index (χ1v) is 9.00. The molecule has 0 saturated carbocycles. The Hall–Kier alpha value is -2.87. The lowest BCUT2D eigenvalue weighted by Crippen LogP contribution is -2.30. The maximum Gasteiger partial charge on any atom is 0.289 e. The van der Waals surface area contributed by atoms with E-state index in [4.69, 9.17) is 0 Å². The number of carbonyl (C=O) groups is 1. The number of amides is 1. The van der Waals surface area contributed by atoms with Crippen LogP contribution in [0.5, 0.6) is 0 Å². The lowest BCUT2D eigenvalue weighted by atomic mass is 10.0. The van der Waals surface area contributed by atoms with Crippen LogP contribution in [0.3, 0.4) is 0 Å². The third-order valence-corrected chi connectivity index (χ3v) is 4.80. The van der Waals surface area contributed by atoms with E-state index in [1.54, 1.807) is 5.38 Å². The van der Waals surface area contributed by atoms with Gasteiger partial charge in [-0.15, -0.1) is 11.3 Å². The second kappa shape index (κ2) is 7.79. The Balaban J connectivity index is 1.69. The van der Waals surface area contributed by atoms with E-state index in [1.807, 2.05) is 24.3 Å². The highest BCUT2D eigenvalue weighted by Crippen LogP contribution is 2.26. The molecule has 140 valence electrons. The van der Waals surface area contributed by atoms with E-state index >= 15 is 0 Å². The number of rotatable bonds is 5. The number of hydrazine groups is 1. The lowest BCUT2D eigenvalue weighted by molar-refractivity contribution is 0.0958. The smallest absolute Gasteiger partial charge is 0.289 e. The van der Waals surface area contributed by atoms with Gasteiger partial charge in [0.05, 0.1) is 5.69 Å². The maximum absolute atomic E-state index is 13.6. The van der Waals surface area contributed by atoms with Crippen molar-refractivity contribution in [2.75, 3.05) is 5.43 Å². The summed E-state index contributed by atoms with van der Waals surface area (Å²) in [5, 5.41) is 2.22. The van der Waals surface area contributed by atoms with Crippen LogP contribution in [0.2, 0.25) is 0 Å². The number of carbonyl (C=O) groups excluding carboxylic acids is 1. The number of benzene rings is 2. The van der Waals surface area contributed by atoms with Crippen molar-refractivity contribution < 1.29 is 18.0 Å². The van der Waals surface area contributed by atoms with Gasteiger partial charge in [0.1, 0.15) is 10.7 Å². The monoisotopic (exact) mass is 391 g/mol. The molecule has 3 rings (SSSR count). The van der Waals surface area contributed by atoms with Gasteiger partial charge in [0.2, 0.25) is 0 Å². The van der Waals surface area contributed by atoms with Crippen LogP contribution >= 0.6 is 11.3 Å². The van der Waals surface area contributed by atoms with Crippen LogP contribution in [0.25, 0.3) is 10.6 Å². The van der Waals surface area contributed by atoms with Gasteiger partial charge in [-0.1, -0.05) is 38.1 Å². The van der Waals surface area contributed by atoms with Crippen molar-refractivity contribution in [3.63, 3.8) is 0 Å². The van der Waals surface area contributed by atoms with Crippen LogP contribution in [0.15, 0.2) is 41.8 Å². The number of aromatic nitrogens is 1. The van der Waals surface area contributed by atoms with Crippen LogP contribution < -0.4 is 10.9 Å². The number of hydrogen-bond acceptors (Lipinski definition) is 4. The highest BCUT2D eigenvalue weighted by molar-refractivity contribution is 7.13. The van der Waals surface area contributed by atoms with E-state index in [1.165, 1.54) is 16.9 Å². The minimum Gasteiger partial charge on any atom is -0.295 e. The minimum absolute atomic E-state index is 0.124. The van der Waals surface area contributed by atoms with Gasteiger partial charge in [-0.2, -0.15) is 0 Å². The van der Waals surface area contributed by atoms with E-state index in [2.05, 4.69) is 29.7 Å². The topological polar surface area (TPSA) is 54.0 Å². The number of nitrogens with one attached hydrogen (secondary N) is 2. The number of hydrogen-bond donors (Lipinski definition) is 2. The summed E-state index contributed by atoms with van der Waals surface area (Å²) < 4.78 is 39.7. The maximum atomic E-state index is 13.6. The normalized spacial score (nSPS) is 10.9. The van der Waals surface area contributed by atoms with E-state index < -0.39 is 23.4 Å². The molecule has 1 amide bonds. The Morgan fingerprint density at radius 3 is 2.41 bits per heavy atom. The fraction of sp³-hybridized carbons (Fsp3) is 0.158. The Bertz CT molecular complexity index is 971. The average molecular weight is 391 g/mol. The van der Waals surface area contributed by atoms with Crippen LogP contribution in [-0.4, -0.2) is 10.9 Å². The summed E-state index contributed by atoms with van der Waals surface area (Å²) in [4.78, 5) is 16.4. The molecule has 8 heteroatoms. The molecule has 0 radical (unpaired) electrons. The molecule has 1 aromatic heterocycles. The SMILES string of the molecule is CC(C)c1ccc(-c2nc(C(=O)NNc3ccc(F)c(F)c3F)cs2)cc1. The summed E-state index contributed by atoms with van der Waals surface area (Å²) in [6, 6.07) is 9.63. The second-order valence-corrected chi connectivity index (χ2v) is 6.97. The molecular weight excluding hydrogens is 375 g/mol. The Morgan fingerprint density at radius 1 is 1.04 bits per heavy atom. The molecule has 0 atom stereocenters. The van der Waals surface area contributed by atoms with Crippen LogP contribution in [0, 0.1) is 17.5 Å². The van der Waals surface area contributed by atoms with Gasteiger partial charge in [-0.25, -0.2) is 18.2 Å². The van der Waals surface area contributed by atoms with Crippen LogP contribution in [-0.2, 0) is 0 Å². The minimum atomic E-state index is -1.62. The van der Waals surface area contributed by atoms with Crippen LogP contribution in [0.4, 0.5) is 18.9 Å². The number of halogens is 3. The van der Waals surface area contributed by atoms with Crippen molar-refractivity contribution in [2.45, 2.75) is 19.8 Å². The van der Waals surface area contributed by atoms with Crippen molar-refractivity contribution >= 4 is 22.9 Å². The zero-order valence-electron chi connectivity index (χ0n) is 14.5. The molecule has 2 aromatic carbocycles. The average Bonchev–Trinajstić information content (AvgIpc) is 3.16. The zero-order chi connectivity index (χ0) is 19.6. The first-order valence-electron chi connectivity index (χ1n) is 8.12. The fourth-order valence-corrected chi connectivity index (χ4v) is 3.14. The fourth-order valence-electron chi connectivity index (χ4n) is 2.33. The summed E-state index contributed by atoms with van der Waals surface area (Å²) in [7, 11) is 0. The van der Waals surface area contributed by atoms with Gasteiger partial charge in [-0.05, 0) is 23.6 Å². The highest BCUT2D eigenvalue weighted by Gasteiger charge is 2.16. The van der Waals surface area contributed by atoms with Crippen molar-refractivity contribution in [3.05, 3.63) is 70.5 Å². The number of anilines is 1. The van der Waals surface area contributed by atoms with Crippen molar-refractivity contribution in [2.24, 2.45) is 0 Å². The predicted molar refractivity (Wildman–Crippen MR) is 99.0 cm³/mol. The van der Waals surface area contributed by atoms with E-state index in [0.717, 1.165) is 17.7 Å². The molecule has 0 aliphatic carbocycles. The van der Waals surface area contributed by atoms with Crippen molar-refractivity contribution in [3.8, 4) is 10.6 Å². The highest BCUT2D eigenvalue weighted by atomic mass is 32.1. The first-order chi connectivity index (χ1) is 12.9. The molecule has 27 heavy (non-hydrogen) atoms. The molecule has 0 bridgehead atoms. The van der Waals surface area contributed by atoms with Crippen molar-refractivity contribution in [1.29, 1.82) is 0 Å². The molecule has 0 unspecified atom stereocenters. The van der Waals surface area contributed by atoms with E-state index in [0.29, 0.717) is 10.9 Å². The molecule has 1 heterocycles. The first kappa shape index (κ1) is 18.9. The molecule has 2 N–H and O–H groups in total. The number of thiazole rings is 1. The third kappa shape index (κ3) is 4.11. The molecule has 4 nitrogen and oxygen atoms in total. The van der Waals surface area contributed by atoms with E-state index in [9.17, 15) is 18.0 Å². The predicted octanol–water partition coefficient (Wildman–Crippen LogP) is 5.11. The summed E-state index contributed by atoms with van der Waals surface area (Å²) in [6.45, 7) is 4.20. The largest absolute Gasteiger partial charge is 0.295 e. The summed E-state index contributed by atoms with van der Waals surface area (Å²) >= 11 is 1.29. The Labute approximate surface area is 158 Å². The van der Waals surface area contributed by atoms with Gasteiger partial charge in [0.15, 0.2) is 17.5 Å². The van der Waals surface area contributed by atoms with Gasteiger partial charge < -0.3 is 0 Å². The van der Waals surface area contributed by atoms with Crippen LogP contribution in [0.1, 0.15) is 35.8 Å². The van der Waals surface area contributed by atoms with Gasteiger partial charge >= 0.3 is 0 Å². The molecule has 0 spiro atoms. The molecule has 3 aromatic rings. The molecule has 0 aliphatic heterocycles. The van der Waals surface area contributed by atoms with E-state index in [-0.39, 0.29) is 11.4 Å². The Kier molecular flexibility index (Phi) is 5.46. The number of nitrogens with zero attached hydrogens (tertiary/aromatic N) is 1. The molecular formula is C19H16F3N3OS. The van der Waals surface area contributed by atoms with Gasteiger partial charge in [0, 0.05) is 10.9 Å². The molecule has 0 aliphatic rings. The van der Waals surface area contributed by atoms with Gasteiger partial charge in [0.25, 0.3) is 5.91 Å². The Morgan fingerprint density at radius 2 is 1.74 bits per heavy atom.